The van der Waals surface area contributed by atoms with Gasteiger partial charge in [0.25, 0.3) is 0 Å². The van der Waals surface area contributed by atoms with E-state index < -0.39 is 9.84 Å². The van der Waals surface area contributed by atoms with Gasteiger partial charge in [-0.2, -0.15) is 0 Å². The Labute approximate surface area is 111 Å². The zero-order chi connectivity index (χ0) is 12.9. The predicted molar refractivity (Wildman–Crippen MR) is 71.1 cm³/mol. The Balaban J connectivity index is 2.48. The van der Waals surface area contributed by atoms with Gasteiger partial charge in [0, 0.05) is 37.8 Å². The minimum absolute atomic E-state index is 0.270. The Kier molecular flexibility index (Phi) is 5.88. The largest absolute Gasteiger partial charge is 0.340 e. The number of amides is 1. The number of alkyl halides is 1. The molecule has 0 bridgehead atoms. The number of carbonyl (C=O) groups is 1. The van der Waals surface area contributed by atoms with Crippen LogP contribution in [-0.2, 0) is 14.6 Å². The van der Waals surface area contributed by atoms with Crippen LogP contribution in [-0.4, -0.2) is 74.2 Å². The van der Waals surface area contributed by atoms with Crippen molar-refractivity contribution in [1.29, 1.82) is 0 Å². The number of sulfone groups is 1. The second-order valence-corrected chi connectivity index (χ2v) is 7.27. The van der Waals surface area contributed by atoms with Crippen molar-refractivity contribution in [3.8, 4) is 0 Å². The molecule has 0 N–H and O–H groups in total. The molecule has 0 radical (unpaired) electrons. The average molecular weight is 327 g/mol. The molecule has 0 unspecified atom stereocenters. The Morgan fingerprint density at radius 2 is 1.94 bits per heavy atom. The van der Waals surface area contributed by atoms with Gasteiger partial charge in [-0.1, -0.05) is 15.9 Å². The van der Waals surface area contributed by atoms with Gasteiger partial charge in [-0.05, 0) is 13.0 Å². The summed E-state index contributed by atoms with van der Waals surface area (Å²) in [5.74, 6) is -0.640. The minimum Gasteiger partial charge on any atom is -0.340 e. The summed E-state index contributed by atoms with van der Waals surface area (Å²) in [7, 11) is -3.22. The molecule has 1 fully saturated rings. The zero-order valence-electron chi connectivity index (χ0n) is 10.1. The minimum atomic E-state index is -3.22. The van der Waals surface area contributed by atoms with Gasteiger partial charge >= 0.3 is 0 Å². The fraction of sp³-hybridized carbons (Fsp3) is 0.900. The number of hydrogen-bond acceptors (Lipinski definition) is 4. The van der Waals surface area contributed by atoms with E-state index in [0.717, 1.165) is 37.6 Å². The van der Waals surface area contributed by atoms with Crippen LogP contribution in [0.15, 0.2) is 0 Å². The van der Waals surface area contributed by atoms with Gasteiger partial charge in [0.15, 0.2) is 9.84 Å². The van der Waals surface area contributed by atoms with Gasteiger partial charge < -0.3 is 9.80 Å². The molecule has 1 amide bonds. The molecule has 100 valence electrons. The highest BCUT2D eigenvalue weighted by Gasteiger charge is 2.21. The van der Waals surface area contributed by atoms with Crippen LogP contribution in [0.5, 0.6) is 0 Å². The van der Waals surface area contributed by atoms with Gasteiger partial charge in [-0.15, -0.1) is 0 Å². The van der Waals surface area contributed by atoms with Crippen LogP contribution in [0, 0.1) is 0 Å². The summed E-state index contributed by atoms with van der Waals surface area (Å²) >= 11 is 3.39. The van der Waals surface area contributed by atoms with Crippen LogP contribution in [0.25, 0.3) is 0 Å². The first-order valence-corrected chi connectivity index (χ1v) is 8.84. The van der Waals surface area contributed by atoms with E-state index in [9.17, 15) is 13.2 Å². The third-order valence-electron chi connectivity index (χ3n) is 2.73. The monoisotopic (exact) mass is 326 g/mol. The summed E-state index contributed by atoms with van der Waals surface area (Å²) < 4.78 is 22.1. The lowest BCUT2D eigenvalue weighted by Gasteiger charge is -2.21. The van der Waals surface area contributed by atoms with Crippen molar-refractivity contribution in [3.63, 3.8) is 0 Å². The summed E-state index contributed by atoms with van der Waals surface area (Å²) in [6.07, 6.45) is 2.00. The van der Waals surface area contributed by atoms with Gasteiger partial charge in [0.2, 0.25) is 5.91 Å². The van der Waals surface area contributed by atoms with E-state index in [4.69, 9.17) is 0 Å². The van der Waals surface area contributed by atoms with Crippen LogP contribution in [0.2, 0.25) is 0 Å². The maximum atomic E-state index is 11.8. The van der Waals surface area contributed by atoms with Gasteiger partial charge in [0.05, 0.1) is 0 Å². The molecule has 5 nitrogen and oxygen atoms in total. The molecule has 1 aliphatic rings. The van der Waals surface area contributed by atoms with Crippen molar-refractivity contribution in [2.24, 2.45) is 0 Å². The number of hydrogen-bond donors (Lipinski definition) is 0. The first kappa shape index (κ1) is 14.9. The van der Waals surface area contributed by atoms with E-state index in [1.54, 1.807) is 4.90 Å². The van der Waals surface area contributed by atoms with Crippen molar-refractivity contribution in [1.82, 2.24) is 9.80 Å². The molecule has 0 atom stereocenters. The molecular weight excluding hydrogens is 308 g/mol. The zero-order valence-corrected chi connectivity index (χ0v) is 12.5. The van der Waals surface area contributed by atoms with Crippen molar-refractivity contribution in [3.05, 3.63) is 0 Å². The first-order valence-electron chi connectivity index (χ1n) is 5.66. The molecule has 0 aliphatic carbocycles. The summed E-state index contributed by atoms with van der Waals surface area (Å²) in [6.45, 7) is 4.04. The second-order valence-electron chi connectivity index (χ2n) is 4.34. The van der Waals surface area contributed by atoms with E-state index >= 15 is 0 Å². The molecule has 17 heavy (non-hydrogen) atoms. The smallest absolute Gasteiger partial charge is 0.237 e. The highest BCUT2D eigenvalue weighted by molar-refractivity contribution is 9.09. The maximum absolute atomic E-state index is 11.8. The SMILES string of the molecule is CS(=O)(=O)CC(=O)N1CCCN(CCBr)CC1. The molecule has 0 aromatic heterocycles. The van der Waals surface area contributed by atoms with Crippen LogP contribution >= 0.6 is 15.9 Å². The summed E-state index contributed by atoms with van der Waals surface area (Å²) in [5.41, 5.74) is 0. The number of nitrogens with zero attached hydrogens (tertiary/aromatic N) is 2. The van der Waals surface area contributed by atoms with Crippen molar-refractivity contribution in [2.45, 2.75) is 6.42 Å². The van der Waals surface area contributed by atoms with Crippen LogP contribution in [0.4, 0.5) is 0 Å². The average Bonchev–Trinajstić information content (AvgIpc) is 2.41. The van der Waals surface area contributed by atoms with E-state index in [2.05, 4.69) is 20.8 Å². The lowest BCUT2D eigenvalue weighted by atomic mass is 10.4. The summed E-state index contributed by atoms with van der Waals surface area (Å²) in [5, 5.41) is 0.921. The van der Waals surface area contributed by atoms with E-state index in [1.807, 2.05) is 0 Å². The van der Waals surface area contributed by atoms with E-state index in [1.165, 1.54) is 0 Å². The van der Waals surface area contributed by atoms with Crippen molar-refractivity contribution in [2.75, 3.05) is 50.1 Å². The molecule has 1 rings (SSSR count). The summed E-state index contributed by atoms with van der Waals surface area (Å²) in [6, 6.07) is 0. The van der Waals surface area contributed by atoms with Crippen LogP contribution in [0.1, 0.15) is 6.42 Å². The third-order valence-corrected chi connectivity index (χ3v) is 3.85. The lowest BCUT2D eigenvalue weighted by molar-refractivity contribution is -0.128. The molecule has 0 aromatic carbocycles. The molecule has 0 saturated carbocycles. The Bertz CT molecular complexity index is 359. The lowest BCUT2D eigenvalue weighted by Crippen LogP contribution is -2.38. The van der Waals surface area contributed by atoms with Crippen molar-refractivity contribution >= 4 is 31.7 Å². The highest BCUT2D eigenvalue weighted by Crippen LogP contribution is 2.05. The standard InChI is InChI=1S/C10H19BrN2O3S/c1-17(15,16)9-10(14)13-5-2-4-12(6-3-11)7-8-13/h2-9H2,1H3. The summed E-state index contributed by atoms with van der Waals surface area (Å²) in [4.78, 5) is 15.7. The van der Waals surface area contributed by atoms with Crippen LogP contribution in [0.3, 0.4) is 0 Å². The molecule has 1 aliphatic heterocycles. The normalized spacial score (nSPS) is 19.1. The van der Waals surface area contributed by atoms with E-state index in [0.29, 0.717) is 13.1 Å². The Hall–Kier alpha value is -0.140. The molecule has 0 spiro atoms. The molecule has 1 saturated heterocycles. The molecule has 7 heteroatoms. The fourth-order valence-corrected chi connectivity index (χ4v) is 3.01. The highest BCUT2D eigenvalue weighted by atomic mass is 79.9. The topological polar surface area (TPSA) is 57.7 Å². The van der Waals surface area contributed by atoms with Gasteiger partial charge in [0.1, 0.15) is 5.75 Å². The first-order chi connectivity index (χ1) is 7.92. The van der Waals surface area contributed by atoms with E-state index in [-0.39, 0.29) is 11.7 Å². The number of rotatable bonds is 4. The number of carbonyl (C=O) groups excluding carboxylic acids is 1. The Morgan fingerprint density at radius 3 is 2.53 bits per heavy atom. The van der Waals surface area contributed by atoms with Gasteiger partial charge in [-0.25, -0.2) is 8.42 Å². The predicted octanol–water partition coefficient (Wildman–Crippen LogP) is -0.0398. The van der Waals surface area contributed by atoms with Crippen LogP contribution < -0.4 is 0 Å². The second kappa shape index (κ2) is 6.70. The Morgan fingerprint density at radius 1 is 1.24 bits per heavy atom. The third kappa shape index (κ3) is 5.83. The number of halogens is 1. The quantitative estimate of drug-likeness (QED) is 0.680. The fourth-order valence-electron chi connectivity index (χ4n) is 1.88. The maximum Gasteiger partial charge on any atom is 0.237 e. The molecular formula is C10H19BrN2O3S. The van der Waals surface area contributed by atoms with Gasteiger partial charge in [-0.3, -0.25) is 4.79 Å². The molecule has 1 heterocycles. The molecule has 0 aromatic rings. The van der Waals surface area contributed by atoms with Crippen molar-refractivity contribution < 1.29 is 13.2 Å².